The lowest BCUT2D eigenvalue weighted by Gasteiger charge is -2.11. The highest BCUT2D eigenvalue weighted by molar-refractivity contribution is 6.21. The Labute approximate surface area is 99.8 Å². The predicted octanol–water partition coefficient (Wildman–Crippen LogP) is 2.17. The minimum absolute atomic E-state index is 0.0326. The molecular formula is C14H14O3. The Morgan fingerprint density at radius 2 is 2.12 bits per heavy atom. The molecule has 0 bridgehead atoms. The van der Waals surface area contributed by atoms with Crippen LogP contribution in [0.4, 0.5) is 0 Å². The lowest BCUT2D eigenvalue weighted by atomic mass is 9.95. The molecule has 1 aromatic carbocycles. The van der Waals surface area contributed by atoms with E-state index in [2.05, 4.69) is 0 Å². The summed E-state index contributed by atoms with van der Waals surface area (Å²) in [5.74, 6) is -0.294. The van der Waals surface area contributed by atoms with Crippen molar-refractivity contribution in [2.24, 2.45) is 11.3 Å². The molecule has 0 aliphatic heterocycles. The van der Waals surface area contributed by atoms with E-state index in [0.29, 0.717) is 12.2 Å². The first-order chi connectivity index (χ1) is 8.15. The van der Waals surface area contributed by atoms with Crippen LogP contribution in [0, 0.1) is 11.3 Å². The highest BCUT2D eigenvalue weighted by Gasteiger charge is 2.77. The number of ether oxygens (including phenoxy) is 1. The molecule has 3 nitrogen and oxygen atoms in total. The van der Waals surface area contributed by atoms with Gasteiger partial charge >= 0.3 is 5.97 Å². The van der Waals surface area contributed by atoms with Gasteiger partial charge in [0.1, 0.15) is 5.41 Å². The topological polar surface area (TPSA) is 43.4 Å². The van der Waals surface area contributed by atoms with Crippen molar-refractivity contribution < 1.29 is 14.3 Å². The van der Waals surface area contributed by atoms with Gasteiger partial charge in [0.25, 0.3) is 0 Å². The highest BCUT2D eigenvalue weighted by atomic mass is 16.5. The molecule has 0 radical (unpaired) electrons. The van der Waals surface area contributed by atoms with Crippen LogP contribution in [0.15, 0.2) is 24.3 Å². The van der Waals surface area contributed by atoms with Crippen molar-refractivity contribution in [3.8, 4) is 0 Å². The van der Waals surface area contributed by atoms with Gasteiger partial charge in [-0.3, -0.25) is 9.59 Å². The van der Waals surface area contributed by atoms with Gasteiger partial charge < -0.3 is 4.74 Å². The molecule has 1 fully saturated rings. The fourth-order valence-corrected chi connectivity index (χ4v) is 3.28. The van der Waals surface area contributed by atoms with Gasteiger partial charge in [-0.05, 0) is 18.4 Å². The molecule has 0 amide bonds. The van der Waals surface area contributed by atoms with E-state index in [0.717, 1.165) is 5.56 Å². The molecule has 3 rings (SSSR count). The molecule has 2 aliphatic carbocycles. The minimum atomic E-state index is -0.903. The van der Waals surface area contributed by atoms with Crippen molar-refractivity contribution >= 4 is 11.8 Å². The Balaban J connectivity index is 2.08. The Kier molecular flexibility index (Phi) is 1.97. The van der Waals surface area contributed by atoms with Gasteiger partial charge in [0.15, 0.2) is 5.78 Å². The molecule has 3 heteroatoms. The van der Waals surface area contributed by atoms with Gasteiger partial charge in [0.05, 0.1) is 6.61 Å². The molecule has 3 unspecified atom stereocenters. The third-order valence-corrected chi connectivity index (χ3v) is 4.13. The van der Waals surface area contributed by atoms with Crippen molar-refractivity contribution in [2.45, 2.75) is 19.8 Å². The third kappa shape index (κ3) is 1.02. The molecule has 0 N–H and O–H groups in total. The van der Waals surface area contributed by atoms with Crippen LogP contribution in [0.5, 0.6) is 0 Å². The van der Waals surface area contributed by atoms with Crippen LogP contribution in [0.2, 0.25) is 0 Å². The van der Waals surface area contributed by atoms with Crippen molar-refractivity contribution in [2.75, 3.05) is 6.61 Å². The summed E-state index contributed by atoms with van der Waals surface area (Å²) in [6.07, 6.45) is 0. The van der Waals surface area contributed by atoms with E-state index in [1.54, 1.807) is 13.0 Å². The highest BCUT2D eigenvalue weighted by Crippen LogP contribution is 2.71. The zero-order valence-corrected chi connectivity index (χ0v) is 9.90. The fraction of sp³-hybridized carbons (Fsp3) is 0.429. The normalized spacial score (nSPS) is 32.9. The number of carbonyl (C=O) groups is 2. The van der Waals surface area contributed by atoms with Crippen molar-refractivity contribution in [1.82, 2.24) is 0 Å². The summed E-state index contributed by atoms with van der Waals surface area (Å²) in [5.41, 5.74) is 0.807. The number of benzene rings is 1. The van der Waals surface area contributed by atoms with E-state index in [-0.39, 0.29) is 23.6 Å². The summed E-state index contributed by atoms with van der Waals surface area (Å²) in [7, 11) is 0. The zero-order valence-electron chi connectivity index (χ0n) is 9.90. The van der Waals surface area contributed by atoms with Gasteiger partial charge in [0.2, 0.25) is 0 Å². The summed E-state index contributed by atoms with van der Waals surface area (Å²) in [6.45, 7) is 4.04. The van der Waals surface area contributed by atoms with Crippen molar-refractivity contribution in [3.63, 3.8) is 0 Å². The second-order valence-corrected chi connectivity index (χ2v) is 4.77. The molecule has 0 saturated heterocycles. The van der Waals surface area contributed by atoms with E-state index in [1.807, 2.05) is 25.1 Å². The molecule has 88 valence electrons. The van der Waals surface area contributed by atoms with E-state index >= 15 is 0 Å². The second kappa shape index (κ2) is 3.19. The first-order valence-corrected chi connectivity index (χ1v) is 5.96. The number of hydrogen-bond donors (Lipinski definition) is 0. The second-order valence-electron chi connectivity index (χ2n) is 4.77. The minimum Gasteiger partial charge on any atom is -0.465 e. The predicted molar refractivity (Wildman–Crippen MR) is 61.7 cm³/mol. The first-order valence-electron chi connectivity index (χ1n) is 5.96. The Morgan fingerprint density at radius 3 is 2.82 bits per heavy atom. The van der Waals surface area contributed by atoms with Crippen LogP contribution in [0.3, 0.4) is 0 Å². The van der Waals surface area contributed by atoms with E-state index in [1.165, 1.54) is 0 Å². The summed E-state index contributed by atoms with van der Waals surface area (Å²) in [5, 5.41) is 0. The quantitative estimate of drug-likeness (QED) is 0.577. The van der Waals surface area contributed by atoms with E-state index in [9.17, 15) is 9.59 Å². The van der Waals surface area contributed by atoms with Gasteiger partial charge in [-0.25, -0.2) is 0 Å². The number of esters is 1. The number of fused-ring (bicyclic) bond motifs is 3. The maximum Gasteiger partial charge on any atom is 0.320 e. The molecule has 2 aliphatic rings. The average Bonchev–Trinajstić information content (AvgIpc) is 2.85. The van der Waals surface area contributed by atoms with Gasteiger partial charge in [0, 0.05) is 11.5 Å². The van der Waals surface area contributed by atoms with Crippen LogP contribution in [-0.4, -0.2) is 18.4 Å². The Hall–Kier alpha value is -1.64. The summed E-state index contributed by atoms with van der Waals surface area (Å²) in [6, 6.07) is 7.50. The van der Waals surface area contributed by atoms with Gasteiger partial charge in [-0.1, -0.05) is 31.2 Å². The number of rotatable bonds is 2. The number of hydrogen-bond acceptors (Lipinski definition) is 3. The summed E-state index contributed by atoms with van der Waals surface area (Å²) in [4.78, 5) is 24.4. The SMILES string of the molecule is CCOC(=O)C12C(=O)c3ccccc3C1C2C. The lowest BCUT2D eigenvalue weighted by molar-refractivity contribution is -0.148. The summed E-state index contributed by atoms with van der Waals surface area (Å²) >= 11 is 0. The van der Waals surface area contributed by atoms with Crippen LogP contribution in [0.1, 0.15) is 35.7 Å². The third-order valence-electron chi connectivity index (χ3n) is 4.13. The molecule has 0 aromatic heterocycles. The summed E-state index contributed by atoms with van der Waals surface area (Å²) < 4.78 is 5.08. The van der Waals surface area contributed by atoms with Crippen molar-refractivity contribution in [1.29, 1.82) is 0 Å². The Morgan fingerprint density at radius 1 is 1.41 bits per heavy atom. The molecule has 1 saturated carbocycles. The van der Waals surface area contributed by atoms with Crippen LogP contribution >= 0.6 is 0 Å². The largest absolute Gasteiger partial charge is 0.465 e. The van der Waals surface area contributed by atoms with E-state index < -0.39 is 5.41 Å². The average molecular weight is 230 g/mol. The number of carbonyl (C=O) groups excluding carboxylic acids is 2. The Bertz CT molecular complexity index is 520. The lowest BCUT2D eigenvalue weighted by Crippen LogP contribution is -2.28. The van der Waals surface area contributed by atoms with Crippen molar-refractivity contribution in [3.05, 3.63) is 35.4 Å². The molecule has 3 atom stereocenters. The molecule has 1 aromatic rings. The van der Waals surface area contributed by atoms with Gasteiger partial charge in [-0.15, -0.1) is 0 Å². The maximum atomic E-state index is 12.4. The van der Waals surface area contributed by atoms with Gasteiger partial charge in [-0.2, -0.15) is 0 Å². The number of ketones is 1. The monoisotopic (exact) mass is 230 g/mol. The van der Waals surface area contributed by atoms with Crippen LogP contribution in [0.25, 0.3) is 0 Å². The molecule has 0 heterocycles. The molecule has 17 heavy (non-hydrogen) atoms. The fourth-order valence-electron chi connectivity index (χ4n) is 3.28. The smallest absolute Gasteiger partial charge is 0.320 e. The maximum absolute atomic E-state index is 12.4. The van der Waals surface area contributed by atoms with E-state index in [4.69, 9.17) is 4.74 Å². The van der Waals surface area contributed by atoms with Crippen LogP contribution < -0.4 is 0 Å². The number of Topliss-reactive ketones (excluding diaryl/α,β-unsaturated/α-hetero) is 1. The van der Waals surface area contributed by atoms with Crippen LogP contribution in [-0.2, 0) is 9.53 Å². The first kappa shape index (κ1) is 10.5. The molecular weight excluding hydrogens is 216 g/mol. The molecule has 0 spiro atoms. The zero-order chi connectivity index (χ0) is 12.2. The standard InChI is InChI=1S/C14H14O3/c1-3-17-13(16)14-8(2)11(14)9-6-4-5-7-10(9)12(14)15/h4-8,11H,3H2,1-2H3.